The first kappa shape index (κ1) is 8.99. The van der Waals surface area contributed by atoms with Crippen LogP contribution in [0.1, 0.15) is 12.7 Å². The number of aromatic nitrogens is 2. The van der Waals surface area contributed by atoms with E-state index in [1.807, 2.05) is 6.07 Å². The first-order chi connectivity index (χ1) is 6.36. The van der Waals surface area contributed by atoms with Gasteiger partial charge < -0.3 is 4.57 Å². The van der Waals surface area contributed by atoms with Crippen molar-refractivity contribution in [2.24, 2.45) is 0 Å². The topological polar surface area (TPSA) is 17.8 Å². The maximum atomic E-state index is 4.56. The number of aryl methyl sites for hydroxylation is 1. The normalized spacial score (nSPS) is 10.9. The molecule has 1 heterocycles. The van der Waals surface area contributed by atoms with Crippen molar-refractivity contribution >= 4 is 33.6 Å². The molecule has 0 aliphatic heterocycles. The van der Waals surface area contributed by atoms with E-state index in [4.69, 9.17) is 0 Å². The lowest BCUT2D eigenvalue weighted by Gasteiger charge is -2.01. The van der Waals surface area contributed by atoms with Crippen molar-refractivity contribution in [2.75, 3.05) is 0 Å². The zero-order chi connectivity index (χ0) is 9.26. The van der Waals surface area contributed by atoms with Gasteiger partial charge in [-0.15, -0.1) is 0 Å². The number of para-hydroxylation sites is 2. The fourth-order valence-corrected chi connectivity index (χ4v) is 2.16. The van der Waals surface area contributed by atoms with Gasteiger partial charge in [0, 0.05) is 6.54 Å². The van der Waals surface area contributed by atoms with E-state index in [-0.39, 0.29) is 0 Å². The van der Waals surface area contributed by atoms with Crippen LogP contribution in [0.15, 0.2) is 24.3 Å². The van der Waals surface area contributed by atoms with Gasteiger partial charge in [0.05, 0.1) is 15.5 Å². The van der Waals surface area contributed by atoms with Gasteiger partial charge in [-0.1, -0.05) is 34.7 Å². The number of halogens is 1. The molecular formula is C10H11IN2. The van der Waals surface area contributed by atoms with Crippen molar-refractivity contribution in [2.45, 2.75) is 17.9 Å². The van der Waals surface area contributed by atoms with Crippen LogP contribution >= 0.6 is 22.6 Å². The first-order valence-corrected chi connectivity index (χ1v) is 5.89. The highest BCUT2D eigenvalue weighted by molar-refractivity contribution is 14.1. The number of alkyl halides is 1. The van der Waals surface area contributed by atoms with Crippen molar-refractivity contribution in [1.29, 1.82) is 0 Å². The second-order valence-corrected chi connectivity index (χ2v) is 3.66. The zero-order valence-electron chi connectivity index (χ0n) is 7.50. The van der Waals surface area contributed by atoms with Crippen LogP contribution in [-0.2, 0) is 11.0 Å². The number of benzene rings is 1. The van der Waals surface area contributed by atoms with E-state index >= 15 is 0 Å². The maximum Gasteiger partial charge on any atom is 0.119 e. The molecule has 2 aromatic rings. The number of nitrogens with zero attached hydrogens (tertiary/aromatic N) is 2. The highest BCUT2D eigenvalue weighted by Gasteiger charge is 2.06. The molecule has 0 aliphatic rings. The number of imidazole rings is 1. The third kappa shape index (κ3) is 1.45. The molecule has 0 spiro atoms. The standard InChI is InChI=1S/C10H11IN2/c1-2-13-9-6-4-3-5-8(9)12-10(13)7-11/h3-6H,2,7H2,1H3. The summed E-state index contributed by atoms with van der Waals surface area (Å²) in [5, 5.41) is 0. The number of hydrogen-bond acceptors (Lipinski definition) is 1. The van der Waals surface area contributed by atoms with Crippen LogP contribution in [0.4, 0.5) is 0 Å². The highest BCUT2D eigenvalue weighted by Crippen LogP contribution is 2.17. The molecule has 1 aromatic carbocycles. The van der Waals surface area contributed by atoms with Crippen LogP contribution in [-0.4, -0.2) is 9.55 Å². The third-order valence-corrected chi connectivity index (χ3v) is 2.85. The zero-order valence-corrected chi connectivity index (χ0v) is 9.65. The second kappa shape index (κ2) is 3.65. The first-order valence-electron chi connectivity index (χ1n) is 4.37. The van der Waals surface area contributed by atoms with Crippen molar-refractivity contribution < 1.29 is 0 Å². The van der Waals surface area contributed by atoms with Gasteiger partial charge in [0.15, 0.2) is 0 Å². The molecule has 0 saturated carbocycles. The Bertz CT molecular complexity index is 420. The summed E-state index contributed by atoms with van der Waals surface area (Å²) in [6.07, 6.45) is 0. The molecule has 0 atom stereocenters. The largest absolute Gasteiger partial charge is 0.328 e. The van der Waals surface area contributed by atoms with Gasteiger partial charge in [0.25, 0.3) is 0 Å². The SMILES string of the molecule is CCn1c(CI)nc2ccccc21. The minimum atomic E-state index is 0.972. The third-order valence-electron chi connectivity index (χ3n) is 2.17. The summed E-state index contributed by atoms with van der Waals surface area (Å²) in [5.41, 5.74) is 2.35. The molecule has 0 aliphatic carbocycles. The van der Waals surface area contributed by atoms with E-state index in [9.17, 15) is 0 Å². The van der Waals surface area contributed by atoms with Crippen LogP contribution < -0.4 is 0 Å². The Morgan fingerprint density at radius 2 is 2.15 bits per heavy atom. The Balaban J connectivity index is 2.73. The molecule has 0 fully saturated rings. The van der Waals surface area contributed by atoms with Crippen molar-refractivity contribution in [3.8, 4) is 0 Å². The average molecular weight is 286 g/mol. The van der Waals surface area contributed by atoms with Gasteiger partial charge in [0.1, 0.15) is 5.82 Å². The summed E-state index contributed by atoms with van der Waals surface area (Å²) in [6, 6.07) is 8.29. The van der Waals surface area contributed by atoms with Gasteiger partial charge in [-0.3, -0.25) is 0 Å². The number of rotatable bonds is 2. The van der Waals surface area contributed by atoms with Crippen LogP contribution in [0.2, 0.25) is 0 Å². The Labute approximate surface area is 91.1 Å². The van der Waals surface area contributed by atoms with Crippen LogP contribution in [0.25, 0.3) is 11.0 Å². The smallest absolute Gasteiger partial charge is 0.119 e. The fraction of sp³-hybridized carbons (Fsp3) is 0.300. The second-order valence-electron chi connectivity index (χ2n) is 2.89. The Hall–Kier alpha value is -0.580. The van der Waals surface area contributed by atoms with Crippen LogP contribution in [0.5, 0.6) is 0 Å². The molecule has 68 valence electrons. The lowest BCUT2D eigenvalue weighted by Crippen LogP contribution is -1.98. The summed E-state index contributed by atoms with van der Waals surface area (Å²) >= 11 is 2.35. The van der Waals surface area contributed by atoms with E-state index < -0.39 is 0 Å². The molecular weight excluding hydrogens is 275 g/mol. The molecule has 0 amide bonds. The molecule has 1 aromatic heterocycles. The van der Waals surface area contributed by atoms with Crippen molar-refractivity contribution in [3.63, 3.8) is 0 Å². The molecule has 3 heteroatoms. The maximum absolute atomic E-state index is 4.56. The molecule has 0 saturated heterocycles. The van der Waals surface area contributed by atoms with E-state index in [1.165, 1.54) is 11.3 Å². The number of hydrogen-bond donors (Lipinski definition) is 0. The monoisotopic (exact) mass is 286 g/mol. The molecule has 0 bridgehead atoms. The highest BCUT2D eigenvalue weighted by atomic mass is 127. The van der Waals surface area contributed by atoms with Gasteiger partial charge in [0.2, 0.25) is 0 Å². The van der Waals surface area contributed by atoms with Crippen LogP contribution in [0.3, 0.4) is 0 Å². The molecule has 0 N–H and O–H groups in total. The summed E-state index contributed by atoms with van der Waals surface area (Å²) in [7, 11) is 0. The van der Waals surface area contributed by atoms with Crippen molar-refractivity contribution in [1.82, 2.24) is 9.55 Å². The van der Waals surface area contributed by atoms with Crippen LogP contribution in [0, 0.1) is 0 Å². The van der Waals surface area contributed by atoms with E-state index in [0.29, 0.717) is 0 Å². The molecule has 13 heavy (non-hydrogen) atoms. The Morgan fingerprint density at radius 1 is 1.38 bits per heavy atom. The summed E-state index contributed by atoms with van der Waals surface area (Å²) in [6.45, 7) is 3.16. The lowest BCUT2D eigenvalue weighted by molar-refractivity contribution is 0.752. The molecule has 0 radical (unpaired) electrons. The minimum absolute atomic E-state index is 0.972. The van der Waals surface area contributed by atoms with E-state index in [0.717, 1.165) is 16.5 Å². The summed E-state index contributed by atoms with van der Waals surface area (Å²) < 4.78 is 3.24. The summed E-state index contributed by atoms with van der Waals surface area (Å²) in [5.74, 6) is 1.17. The van der Waals surface area contributed by atoms with Gasteiger partial charge >= 0.3 is 0 Å². The Morgan fingerprint density at radius 3 is 2.85 bits per heavy atom. The minimum Gasteiger partial charge on any atom is -0.328 e. The molecule has 2 rings (SSSR count). The van der Waals surface area contributed by atoms with E-state index in [2.05, 4.69) is 57.3 Å². The summed E-state index contributed by atoms with van der Waals surface area (Å²) in [4.78, 5) is 4.56. The van der Waals surface area contributed by atoms with Gasteiger partial charge in [-0.2, -0.15) is 0 Å². The number of fused-ring (bicyclic) bond motifs is 1. The quantitative estimate of drug-likeness (QED) is 0.613. The average Bonchev–Trinajstić information content (AvgIpc) is 2.55. The van der Waals surface area contributed by atoms with Gasteiger partial charge in [-0.05, 0) is 19.1 Å². The van der Waals surface area contributed by atoms with Gasteiger partial charge in [-0.25, -0.2) is 4.98 Å². The predicted octanol–water partition coefficient (Wildman–Crippen LogP) is 2.99. The molecule has 0 unspecified atom stereocenters. The lowest BCUT2D eigenvalue weighted by atomic mass is 10.3. The predicted molar refractivity (Wildman–Crippen MR) is 63.1 cm³/mol. The molecule has 2 nitrogen and oxygen atoms in total. The van der Waals surface area contributed by atoms with Crippen molar-refractivity contribution in [3.05, 3.63) is 30.1 Å². The van der Waals surface area contributed by atoms with E-state index in [1.54, 1.807) is 0 Å². The Kier molecular flexibility index (Phi) is 2.53. The fourth-order valence-electron chi connectivity index (χ4n) is 1.58.